The summed E-state index contributed by atoms with van der Waals surface area (Å²) in [4.78, 5) is 48.8. The van der Waals surface area contributed by atoms with Crippen molar-refractivity contribution in [3.05, 3.63) is 59.7 Å². The Morgan fingerprint density at radius 2 is 1.52 bits per heavy atom. The molecule has 3 rings (SSSR count). The molecule has 2 aromatic rings. The predicted octanol–water partition coefficient (Wildman–Crippen LogP) is 1.57. The Kier molecular flexibility index (Phi) is 7.21. The van der Waals surface area contributed by atoms with Crippen molar-refractivity contribution in [2.75, 3.05) is 13.2 Å². The van der Waals surface area contributed by atoms with Crippen LogP contribution >= 0.6 is 0 Å². The van der Waals surface area contributed by atoms with Crippen molar-refractivity contribution >= 4 is 23.6 Å². The molecule has 0 unspecified atom stereocenters. The fraction of sp³-hybridized carbons (Fsp3) is 0.273. The number of likely N-dealkylation sites (tertiary alicyclic amines) is 1. The lowest BCUT2D eigenvalue weighted by Gasteiger charge is -2.14. The van der Waals surface area contributed by atoms with Gasteiger partial charge in [0.05, 0.1) is 13.2 Å². The first kappa shape index (κ1) is 21.8. The summed E-state index contributed by atoms with van der Waals surface area (Å²) in [5.74, 6) is -0.484. The number of rotatable bonds is 8. The third-order valence-corrected chi connectivity index (χ3v) is 4.53. The fourth-order valence-electron chi connectivity index (χ4n) is 2.97. The Labute approximate surface area is 179 Å². The van der Waals surface area contributed by atoms with Crippen LogP contribution < -0.4 is 20.3 Å². The van der Waals surface area contributed by atoms with Crippen molar-refractivity contribution in [1.82, 2.24) is 15.8 Å². The summed E-state index contributed by atoms with van der Waals surface area (Å²) in [6.07, 6.45) is 0.472. The summed E-state index contributed by atoms with van der Waals surface area (Å²) in [6.45, 7) is 2.18. The number of para-hydroxylation sites is 2. The number of hydrogen-bond donors (Lipinski definition) is 2. The van der Waals surface area contributed by atoms with Gasteiger partial charge in [-0.05, 0) is 36.8 Å². The number of imide groups is 1. The van der Waals surface area contributed by atoms with Crippen molar-refractivity contribution in [2.45, 2.75) is 26.3 Å². The number of ether oxygens (including phenoxy) is 2. The van der Waals surface area contributed by atoms with Crippen molar-refractivity contribution in [3.63, 3.8) is 0 Å². The van der Waals surface area contributed by atoms with E-state index < -0.39 is 11.8 Å². The molecular formula is C22H23N3O6. The Morgan fingerprint density at radius 1 is 0.903 bits per heavy atom. The van der Waals surface area contributed by atoms with E-state index in [1.54, 1.807) is 48.5 Å². The highest BCUT2D eigenvalue weighted by atomic mass is 16.5. The topological polar surface area (TPSA) is 114 Å². The highest BCUT2D eigenvalue weighted by Crippen LogP contribution is 2.26. The van der Waals surface area contributed by atoms with Crippen molar-refractivity contribution in [2.24, 2.45) is 0 Å². The van der Waals surface area contributed by atoms with Gasteiger partial charge in [-0.1, -0.05) is 24.3 Å². The van der Waals surface area contributed by atoms with Crippen LogP contribution in [0.4, 0.5) is 0 Å². The van der Waals surface area contributed by atoms with Gasteiger partial charge in [0.2, 0.25) is 11.8 Å². The van der Waals surface area contributed by atoms with Gasteiger partial charge in [-0.3, -0.25) is 34.9 Å². The number of nitrogens with one attached hydrogen (secondary N) is 2. The van der Waals surface area contributed by atoms with Crippen LogP contribution in [0.25, 0.3) is 0 Å². The molecule has 2 N–H and O–H groups in total. The Hall–Kier alpha value is -3.88. The summed E-state index contributed by atoms with van der Waals surface area (Å²) in [6, 6.07) is 13.4. The summed E-state index contributed by atoms with van der Waals surface area (Å²) in [5.41, 5.74) is 5.64. The first-order valence-corrected chi connectivity index (χ1v) is 9.84. The molecule has 1 saturated heterocycles. The standard InChI is InChI=1S/C22H23N3O6/c1-2-30-17-5-3-4-6-18(17)31-14-19(26)23-24-22(29)16-9-7-15(8-10-16)13-25-20(27)11-12-21(25)28/h3-10H,2,11-14H2,1H3,(H,23,26)(H,24,29). The van der Waals surface area contributed by atoms with E-state index in [1.165, 1.54) is 4.90 Å². The van der Waals surface area contributed by atoms with E-state index in [0.29, 0.717) is 23.7 Å². The molecule has 0 radical (unpaired) electrons. The van der Waals surface area contributed by atoms with E-state index in [-0.39, 0.29) is 37.8 Å². The average Bonchev–Trinajstić information content (AvgIpc) is 3.09. The first-order chi connectivity index (χ1) is 15.0. The predicted molar refractivity (Wildman–Crippen MR) is 110 cm³/mol. The summed E-state index contributed by atoms with van der Waals surface area (Å²) in [5, 5.41) is 0. The molecule has 1 aliphatic rings. The number of carbonyl (C=O) groups is 4. The number of hydrazine groups is 1. The molecule has 1 fully saturated rings. The van der Waals surface area contributed by atoms with Gasteiger partial charge in [-0.15, -0.1) is 0 Å². The SMILES string of the molecule is CCOc1ccccc1OCC(=O)NNC(=O)c1ccc(CN2C(=O)CCC2=O)cc1. The zero-order valence-corrected chi connectivity index (χ0v) is 17.1. The molecule has 9 nitrogen and oxygen atoms in total. The fourth-order valence-corrected chi connectivity index (χ4v) is 2.97. The van der Waals surface area contributed by atoms with E-state index in [1.807, 2.05) is 6.92 Å². The molecule has 31 heavy (non-hydrogen) atoms. The lowest BCUT2D eigenvalue weighted by atomic mass is 10.1. The maximum Gasteiger partial charge on any atom is 0.276 e. The summed E-state index contributed by atoms with van der Waals surface area (Å²) < 4.78 is 10.9. The minimum Gasteiger partial charge on any atom is -0.490 e. The second kappa shape index (κ2) is 10.2. The monoisotopic (exact) mass is 425 g/mol. The number of hydrogen-bond acceptors (Lipinski definition) is 6. The first-order valence-electron chi connectivity index (χ1n) is 9.84. The van der Waals surface area contributed by atoms with E-state index in [4.69, 9.17) is 9.47 Å². The van der Waals surface area contributed by atoms with Crippen molar-refractivity contribution in [1.29, 1.82) is 0 Å². The highest BCUT2D eigenvalue weighted by molar-refractivity contribution is 6.01. The quantitative estimate of drug-likeness (QED) is 0.490. The van der Waals surface area contributed by atoms with Gasteiger partial charge in [0.1, 0.15) is 0 Å². The minimum atomic E-state index is -0.540. The van der Waals surface area contributed by atoms with Gasteiger partial charge in [0, 0.05) is 18.4 Å². The molecule has 4 amide bonds. The largest absolute Gasteiger partial charge is 0.490 e. The van der Waals surface area contributed by atoms with E-state index in [9.17, 15) is 19.2 Å². The van der Waals surface area contributed by atoms with Crippen LogP contribution in [-0.4, -0.2) is 41.7 Å². The van der Waals surface area contributed by atoms with E-state index in [2.05, 4.69) is 10.9 Å². The van der Waals surface area contributed by atoms with Crippen molar-refractivity contribution in [3.8, 4) is 11.5 Å². The summed E-state index contributed by atoms with van der Waals surface area (Å²) in [7, 11) is 0. The lowest BCUT2D eigenvalue weighted by molar-refractivity contribution is -0.139. The molecular weight excluding hydrogens is 402 g/mol. The Morgan fingerprint density at radius 3 is 2.13 bits per heavy atom. The Balaban J connectivity index is 1.46. The van der Waals surface area contributed by atoms with E-state index >= 15 is 0 Å². The third kappa shape index (κ3) is 5.81. The number of carbonyl (C=O) groups excluding carboxylic acids is 4. The number of nitrogens with zero attached hydrogens (tertiary/aromatic N) is 1. The normalized spacial score (nSPS) is 13.1. The molecule has 0 aromatic heterocycles. The number of benzene rings is 2. The molecule has 162 valence electrons. The molecule has 2 aromatic carbocycles. The average molecular weight is 425 g/mol. The zero-order chi connectivity index (χ0) is 22.2. The van der Waals surface area contributed by atoms with Crippen LogP contribution in [0.2, 0.25) is 0 Å². The highest BCUT2D eigenvalue weighted by Gasteiger charge is 2.28. The van der Waals surface area contributed by atoms with Crippen LogP contribution in [0.1, 0.15) is 35.7 Å². The molecule has 9 heteroatoms. The van der Waals surface area contributed by atoms with E-state index in [0.717, 1.165) is 5.56 Å². The molecule has 0 saturated carbocycles. The van der Waals surface area contributed by atoms with Gasteiger partial charge < -0.3 is 9.47 Å². The van der Waals surface area contributed by atoms with Gasteiger partial charge in [-0.25, -0.2) is 0 Å². The smallest absolute Gasteiger partial charge is 0.276 e. The Bertz CT molecular complexity index is 957. The van der Waals surface area contributed by atoms with Crippen LogP contribution in [0, 0.1) is 0 Å². The van der Waals surface area contributed by atoms with Crippen molar-refractivity contribution < 1.29 is 28.7 Å². The molecule has 1 heterocycles. The van der Waals surface area contributed by atoms with Gasteiger partial charge in [-0.2, -0.15) is 0 Å². The van der Waals surface area contributed by atoms with Crippen LogP contribution in [0.15, 0.2) is 48.5 Å². The summed E-state index contributed by atoms with van der Waals surface area (Å²) >= 11 is 0. The maximum absolute atomic E-state index is 12.2. The zero-order valence-electron chi connectivity index (χ0n) is 17.1. The van der Waals surface area contributed by atoms with Gasteiger partial charge in [0.25, 0.3) is 11.8 Å². The van der Waals surface area contributed by atoms with Crippen LogP contribution in [0.5, 0.6) is 11.5 Å². The molecule has 0 aliphatic carbocycles. The molecule has 0 bridgehead atoms. The van der Waals surface area contributed by atoms with Gasteiger partial charge >= 0.3 is 0 Å². The maximum atomic E-state index is 12.2. The second-order valence-corrected chi connectivity index (χ2v) is 6.74. The molecule has 0 spiro atoms. The van der Waals surface area contributed by atoms with Gasteiger partial charge in [0.15, 0.2) is 18.1 Å². The van der Waals surface area contributed by atoms with Crippen LogP contribution in [-0.2, 0) is 20.9 Å². The molecule has 0 atom stereocenters. The number of amides is 4. The van der Waals surface area contributed by atoms with Crippen LogP contribution in [0.3, 0.4) is 0 Å². The third-order valence-electron chi connectivity index (χ3n) is 4.53. The second-order valence-electron chi connectivity index (χ2n) is 6.74. The lowest BCUT2D eigenvalue weighted by Crippen LogP contribution is -2.43. The minimum absolute atomic E-state index is 0.177. The molecule has 1 aliphatic heterocycles.